The fourth-order valence-electron chi connectivity index (χ4n) is 1.27. The molecule has 2 rings (SSSR count). The second-order valence-corrected chi connectivity index (χ2v) is 3.36. The number of rotatable bonds is 4. The molecule has 1 amide bonds. The summed E-state index contributed by atoms with van der Waals surface area (Å²) in [6.45, 7) is 0.232. The molecule has 2 heterocycles. The molecule has 0 radical (unpaired) electrons. The highest BCUT2D eigenvalue weighted by Crippen LogP contribution is 1.94. The van der Waals surface area contributed by atoms with Gasteiger partial charge < -0.3 is 16.8 Å². The monoisotopic (exact) mass is 265 g/mol. The van der Waals surface area contributed by atoms with Crippen LogP contribution in [0.4, 0.5) is 0 Å². The fraction of sp³-hybridized carbons (Fsp3) is 0.0833. The lowest BCUT2D eigenvalue weighted by molar-refractivity contribution is -0.684. The van der Waals surface area contributed by atoms with E-state index >= 15 is 0 Å². The third-order valence-corrected chi connectivity index (χ3v) is 2.03. The van der Waals surface area contributed by atoms with Crippen molar-refractivity contribution < 1.29 is 26.2 Å². The van der Waals surface area contributed by atoms with Gasteiger partial charge in [0, 0.05) is 12.1 Å². The maximum absolute atomic E-state index is 11.5. The Hall–Kier alpha value is -2.14. The Balaban J connectivity index is 0.00000162. The Morgan fingerprint density at radius 2 is 2.11 bits per heavy atom. The van der Waals surface area contributed by atoms with Crippen molar-refractivity contribution in [1.29, 1.82) is 0 Å². The maximum atomic E-state index is 11.5. The Kier molecular flexibility index (Phi) is 5.60. The van der Waals surface area contributed by atoms with E-state index in [2.05, 4.69) is 10.5 Å². The van der Waals surface area contributed by atoms with Gasteiger partial charge in [0.25, 0.3) is 0 Å². The first-order chi connectivity index (χ1) is 8.34. The number of carbonyl (C=O) groups is 1. The van der Waals surface area contributed by atoms with Gasteiger partial charge in [0.15, 0.2) is 12.4 Å². The second-order valence-electron chi connectivity index (χ2n) is 3.36. The lowest BCUT2D eigenvalue weighted by Gasteiger charge is -1.95. The zero-order valence-electron chi connectivity index (χ0n) is 9.49. The summed E-state index contributed by atoms with van der Waals surface area (Å²) >= 11 is 0. The lowest BCUT2D eigenvalue weighted by atomic mass is 10.4. The molecule has 0 bridgehead atoms. The Morgan fingerprint density at radius 3 is 2.78 bits per heavy atom. The molecule has 0 aliphatic heterocycles. The quantitative estimate of drug-likeness (QED) is 0.385. The normalized spacial score (nSPS) is 10.0. The summed E-state index contributed by atoms with van der Waals surface area (Å²) in [4.78, 5) is 11.5. The molecule has 18 heavy (non-hydrogen) atoms. The average Bonchev–Trinajstić information content (AvgIpc) is 2.83. The number of pyridine rings is 1. The standard InChI is InChI=1S/C12H11N3O2.ClH/c16-12(10-15-6-2-1-3-7-15)14-13-9-11-5-4-8-17-11;/h1-9H,10H2;1H/b13-9-;. The van der Waals surface area contributed by atoms with E-state index in [1.807, 2.05) is 30.6 Å². The van der Waals surface area contributed by atoms with Gasteiger partial charge in [-0.05, 0) is 12.1 Å². The number of hydrogen-bond acceptors (Lipinski definition) is 3. The third-order valence-electron chi connectivity index (χ3n) is 2.03. The van der Waals surface area contributed by atoms with Crippen LogP contribution in [0.2, 0.25) is 0 Å². The fourth-order valence-corrected chi connectivity index (χ4v) is 1.27. The van der Waals surface area contributed by atoms with Crippen LogP contribution in [-0.4, -0.2) is 12.1 Å². The van der Waals surface area contributed by atoms with Crippen molar-refractivity contribution in [3.05, 3.63) is 54.7 Å². The number of halogens is 1. The maximum Gasteiger partial charge on any atom is 0.305 e. The number of nitrogens with zero attached hydrogens (tertiary/aromatic N) is 2. The van der Waals surface area contributed by atoms with E-state index in [1.54, 1.807) is 23.0 Å². The van der Waals surface area contributed by atoms with Gasteiger partial charge in [-0.25, -0.2) is 5.43 Å². The predicted octanol–water partition coefficient (Wildman–Crippen LogP) is -2.28. The number of amides is 1. The topological polar surface area (TPSA) is 58.5 Å². The van der Waals surface area contributed by atoms with Crippen LogP contribution < -0.4 is 22.4 Å². The Morgan fingerprint density at radius 1 is 1.33 bits per heavy atom. The molecule has 0 aliphatic carbocycles. The van der Waals surface area contributed by atoms with Crippen LogP contribution in [0.1, 0.15) is 5.76 Å². The minimum Gasteiger partial charge on any atom is -1.00 e. The van der Waals surface area contributed by atoms with Gasteiger partial charge in [0.1, 0.15) is 5.76 Å². The molecule has 94 valence electrons. The largest absolute Gasteiger partial charge is 1.00 e. The number of nitrogens with one attached hydrogen (secondary N) is 1. The van der Waals surface area contributed by atoms with Gasteiger partial charge in [0.2, 0.25) is 6.54 Å². The van der Waals surface area contributed by atoms with Crippen molar-refractivity contribution in [2.45, 2.75) is 6.54 Å². The number of hydrazone groups is 1. The van der Waals surface area contributed by atoms with Crippen LogP contribution in [0.15, 0.2) is 58.5 Å². The van der Waals surface area contributed by atoms with Crippen molar-refractivity contribution in [2.24, 2.45) is 5.10 Å². The minimum atomic E-state index is -0.191. The average molecular weight is 266 g/mol. The summed E-state index contributed by atoms with van der Waals surface area (Å²) in [5.41, 5.74) is 2.42. The first-order valence-corrected chi connectivity index (χ1v) is 5.14. The first kappa shape index (κ1) is 13.9. The number of carbonyl (C=O) groups excluding carboxylic acids is 1. The summed E-state index contributed by atoms with van der Waals surface area (Å²) in [6, 6.07) is 9.12. The van der Waals surface area contributed by atoms with Crippen molar-refractivity contribution in [3.63, 3.8) is 0 Å². The first-order valence-electron chi connectivity index (χ1n) is 5.14. The van der Waals surface area contributed by atoms with E-state index in [0.717, 1.165) is 0 Å². The molecule has 6 heteroatoms. The van der Waals surface area contributed by atoms with E-state index < -0.39 is 0 Å². The molecule has 0 unspecified atom stereocenters. The molecule has 0 spiro atoms. The van der Waals surface area contributed by atoms with Gasteiger partial charge in [-0.3, -0.25) is 4.79 Å². The van der Waals surface area contributed by atoms with Crippen LogP contribution in [0.5, 0.6) is 0 Å². The number of hydrogen-bond donors (Lipinski definition) is 1. The van der Waals surface area contributed by atoms with E-state index in [9.17, 15) is 4.79 Å². The van der Waals surface area contributed by atoms with Crippen molar-refractivity contribution in [3.8, 4) is 0 Å². The van der Waals surface area contributed by atoms with Crippen molar-refractivity contribution in [1.82, 2.24) is 5.43 Å². The molecule has 1 N–H and O–H groups in total. The Labute approximate surface area is 111 Å². The number of furan rings is 1. The Bertz CT molecular complexity index is 497. The van der Waals surface area contributed by atoms with Crippen LogP contribution in [0, 0.1) is 0 Å². The molecule has 0 saturated carbocycles. The molecule has 0 aromatic carbocycles. The second kappa shape index (κ2) is 7.24. The van der Waals surface area contributed by atoms with Crippen LogP contribution in [0.3, 0.4) is 0 Å². The number of aromatic nitrogens is 1. The molecule has 5 nitrogen and oxygen atoms in total. The molecular weight excluding hydrogens is 254 g/mol. The minimum absolute atomic E-state index is 0. The lowest BCUT2D eigenvalue weighted by Crippen LogP contribution is -3.00. The van der Waals surface area contributed by atoms with Gasteiger partial charge in [-0.15, -0.1) is 0 Å². The van der Waals surface area contributed by atoms with Crippen LogP contribution in [0.25, 0.3) is 0 Å². The molecule has 0 fully saturated rings. The summed E-state index contributed by atoms with van der Waals surface area (Å²) in [6.07, 6.45) is 6.63. The summed E-state index contributed by atoms with van der Waals surface area (Å²) in [7, 11) is 0. The SMILES string of the molecule is O=C(C[n+]1ccccc1)N/N=C\c1ccco1.[Cl-]. The van der Waals surface area contributed by atoms with Crippen molar-refractivity contribution in [2.75, 3.05) is 0 Å². The highest BCUT2D eigenvalue weighted by molar-refractivity contribution is 5.79. The molecule has 0 saturated heterocycles. The highest BCUT2D eigenvalue weighted by atomic mass is 35.5. The van der Waals surface area contributed by atoms with Gasteiger partial charge in [-0.1, -0.05) is 6.07 Å². The van der Waals surface area contributed by atoms with E-state index in [0.29, 0.717) is 5.76 Å². The molecular formula is C12H12ClN3O2. The van der Waals surface area contributed by atoms with E-state index in [4.69, 9.17) is 4.42 Å². The van der Waals surface area contributed by atoms with Gasteiger partial charge >= 0.3 is 5.91 Å². The smallest absolute Gasteiger partial charge is 0.305 e. The molecule has 0 aliphatic rings. The van der Waals surface area contributed by atoms with Crippen molar-refractivity contribution >= 4 is 12.1 Å². The van der Waals surface area contributed by atoms with E-state index in [1.165, 1.54) is 6.21 Å². The molecule has 2 aromatic heterocycles. The summed E-state index contributed by atoms with van der Waals surface area (Å²) < 4.78 is 6.79. The van der Waals surface area contributed by atoms with Gasteiger partial charge in [0.05, 0.1) is 12.5 Å². The summed E-state index contributed by atoms with van der Waals surface area (Å²) in [5, 5.41) is 3.78. The summed E-state index contributed by atoms with van der Waals surface area (Å²) in [5.74, 6) is 0.404. The van der Waals surface area contributed by atoms with Crippen LogP contribution >= 0.6 is 0 Å². The third kappa shape index (κ3) is 4.39. The molecule has 0 atom stereocenters. The molecule has 2 aromatic rings. The predicted molar refractivity (Wildman–Crippen MR) is 61.1 cm³/mol. The van der Waals surface area contributed by atoms with E-state index in [-0.39, 0.29) is 24.9 Å². The zero-order valence-corrected chi connectivity index (χ0v) is 10.2. The highest BCUT2D eigenvalue weighted by Gasteiger charge is 2.06. The van der Waals surface area contributed by atoms with Gasteiger partial charge in [-0.2, -0.15) is 9.67 Å². The van der Waals surface area contributed by atoms with Crippen LogP contribution in [-0.2, 0) is 11.3 Å². The zero-order chi connectivity index (χ0) is 11.9.